The van der Waals surface area contributed by atoms with Crippen LogP contribution in [0.4, 0.5) is 0 Å². The van der Waals surface area contributed by atoms with E-state index in [-0.39, 0.29) is 29.9 Å². The van der Waals surface area contributed by atoms with Gasteiger partial charge in [-0.2, -0.15) is 0 Å². The van der Waals surface area contributed by atoms with E-state index in [1.54, 1.807) is 36.6 Å². The molecule has 0 fully saturated rings. The van der Waals surface area contributed by atoms with Crippen LogP contribution in [0.1, 0.15) is 20.2 Å². The Balaban J connectivity index is 0.00000364. The molecule has 10 heteroatoms. The first kappa shape index (κ1) is 23.9. The number of carbonyl (C=O) groups excluding carboxylic acids is 1. The van der Waals surface area contributed by atoms with Crippen LogP contribution in [-0.4, -0.2) is 43.5 Å². The highest BCUT2D eigenvalue weighted by Gasteiger charge is 2.07. The fourth-order valence-electron chi connectivity index (χ4n) is 2.12. The molecule has 0 bridgehead atoms. The van der Waals surface area contributed by atoms with Crippen molar-refractivity contribution in [3.05, 3.63) is 49.9 Å². The van der Waals surface area contributed by atoms with E-state index in [1.165, 1.54) is 4.88 Å². The Morgan fingerprint density at radius 3 is 2.48 bits per heavy atom. The van der Waals surface area contributed by atoms with Gasteiger partial charge in [-0.3, -0.25) is 9.79 Å². The van der Waals surface area contributed by atoms with Gasteiger partial charge < -0.3 is 16.0 Å². The highest BCUT2D eigenvalue weighted by molar-refractivity contribution is 14.0. The molecule has 1 amide bonds. The fraction of sp³-hybridized carbons (Fsp3) is 0.353. The van der Waals surface area contributed by atoms with E-state index in [4.69, 9.17) is 23.2 Å². The van der Waals surface area contributed by atoms with Crippen molar-refractivity contribution in [3.8, 4) is 0 Å². The summed E-state index contributed by atoms with van der Waals surface area (Å²) in [7, 11) is 1.71. The molecule has 1 aromatic carbocycles. The second-order valence-electron chi connectivity index (χ2n) is 5.43. The summed E-state index contributed by atoms with van der Waals surface area (Å²) in [6.07, 6.45) is 2.72. The zero-order valence-electron chi connectivity index (χ0n) is 15.0. The standard InChI is InChI=1S/C17H21Cl2N5OS.HI/c1-11-10-24-15(26-11)5-6-22-17(20-2)23-8-7-21-16(25)12-3-4-13(18)14(19)9-12;/h3-4,9-10H,5-8H2,1-2H3,(H,21,25)(H2,20,22,23);1H. The third-order valence-corrected chi connectivity index (χ3v) is 5.12. The lowest BCUT2D eigenvalue weighted by Crippen LogP contribution is -2.42. The van der Waals surface area contributed by atoms with Crippen molar-refractivity contribution in [1.82, 2.24) is 20.9 Å². The molecule has 0 saturated heterocycles. The summed E-state index contributed by atoms with van der Waals surface area (Å²) in [5.74, 6) is 0.481. The molecular formula is C17H22Cl2IN5OS. The van der Waals surface area contributed by atoms with Gasteiger partial charge in [-0.1, -0.05) is 23.2 Å². The number of hydrogen-bond acceptors (Lipinski definition) is 4. The molecule has 0 atom stereocenters. The smallest absolute Gasteiger partial charge is 0.251 e. The number of aromatic nitrogens is 1. The van der Waals surface area contributed by atoms with E-state index in [0.717, 1.165) is 18.0 Å². The largest absolute Gasteiger partial charge is 0.356 e. The zero-order chi connectivity index (χ0) is 18.9. The molecule has 0 spiro atoms. The van der Waals surface area contributed by atoms with E-state index in [2.05, 4.69) is 25.9 Å². The number of hydrogen-bond donors (Lipinski definition) is 3. The maximum Gasteiger partial charge on any atom is 0.251 e. The second-order valence-corrected chi connectivity index (χ2v) is 7.56. The van der Waals surface area contributed by atoms with Crippen molar-refractivity contribution in [3.63, 3.8) is 0 Å². The van der Waals surface area contributed by atoms with Crippen molar-refractivity contribution in [1.29, 1.82) is 0 Å². The third kappa shape index (κ3) is 8.20. The van der Waals surface area contributed by atoms with Crippen LogP contribution in [0.5, 0.6) is 0 Å². The topological polar surface area (TPSA) is 78.4 Å². The molecule has 0 aliphatic rings. The number of benzene rings is 1. The molecule has 27 heavy (non-hydrogen) atoms. The molecule has 1 aromatic heterocycles. The first-order chi connectivity index (χ1) is 12.5. The van der Waals surface area contributed by atoms with Gasteiger partial charge in [0.1, 0.15) is 0 Å². The summed E-state index contributed by atoms with van der Waals surface area (Å²) in [6, 6.07) is 4.79. The minimum absolute atomic E-state index is 0. The number of aryl methyl sites for hydroxylation is 1. The number of amides is 1. The minimum atomic E-state index is -0.201. The number of carbonyl (C=O) groups is 1. The summed E-state index contributed by atoms with van der Waals surface area (Å²) in [5.41, 5.74) is 0.473. The van der Waals surface area contributed by atoms with E-state index in [0.29, 0.717) is 34.7 Å². The van der Waals surface area contributed by atoms with Crippen LogP contribution in [0, 0.1) is 6.92 Å². The van der Waals surface area contributed by atoms with Crippen LogP contribution < -0.4 is 16.0 Å². The van der Waals surface area contributed by atoms with Crippen LogP contribution in [0.25, 0.3) is 0 Å². The number of nitrogens with zero attached hydrogens (tertiary/aromatic N) is 2. The summed E-state index contributed by atoms with van der Waals surface area (Å²) in [4.78, 5) is 21.7. The van der Waals surface area contributed by atoms with Crippen LogP contribution >= 0.6 is 58.5 Å². The quantitative estimate of drug-likeness (QED) is 0.217. The molecule has 0 saturated carbocycles. The lowest BCUT2D eigenvalue weighted by molar-refractivity contribution is 0.0954. The van der Waals surface area contributed by atoms with E-state index >= 15 is 0 Å². The van der Waals surface area contributed by atoms with Gasteiger partial charge in [0.15, 0.2) is 5.96 Å². The maximum atomic E-state index is 12.1. The zero-order valence-corrected chi connectivity index (χ0v) is 19.7. The third-order valence-electron chi connectivity index (χ3n) is 3.41. The number of aliphatic imine (C=N–C) groups is 1. The Morgan fingerprint density at radius 2 is 1.85 bits per heavy atom. The minimum Gasteiger partial charge on any atom is -0.356 e. The van der Waals surface area contributed by atoms with Gasteiger partial charge in [-0.05, 0) is 25.1 Å². The molecule has 3 N–H and O–H groups in total. The molecule has 6 nitrogen and oxygen atoms in total. The van der Waals surface area contributed by atoms with Crippen molar-refractivity contribution >= 4 is 70.4 Å². The predicted molar refractivity (Wildman–Crippen MR) is 124 cm³/mol. The SMILES string of the molecule is CN=C(NCCNC(=O)c1ccc(Cl)c(Cl)c1)NCCc1ncc(C)s1.I. The Morgan fingerprint density at radius 1 is 1.15 bits per heavy atom. The van der Waals surface area contributed by atoms with E-state index in [9.17, 15) is 4.79 Å². The van der Waals surface area contributed by atoms with Gasteiger partial charge in [-0.15, -0.1) is 35.3 Å². The summed E-state index contributed by atoms with van der Waals surface area (Å²) in [6.45, 7) is 3.78. The van der Waals surface area contributed by atoms with E-state index in [1.807, 2.05) is 13.1 Å². The Bertz CT molecular complexity index is 784. The molecular weight excluding hydrogens is 520 g/mol. The molecule has 2 aromatic rings. The molecule has 0 radical (unpaired) electrons. The van der Waals surface area contributed by atoms with E-state index < -0.39 is 0 Å². The molecule has 148 valence electrons. The Kier molecular flexibility index (Phi) is 11.0. The maximum absolute atomic E-state index is 12.1. The number of thiazole rings is 1. The average Bonchev–Trinajstić information content (AvgIpc) is 3.04. The summed E-state index contributed by atoms with van der Waals surface area (Å²) in [5, 5.41) is 11.1. The first-order valence-electron chi connectivity index (χ1n) is 8.08. The molecule has 0 unspecified atom stereocenters. The van der Waals surface area contributed by atoms with Gasteiger partial charge in [0.05, 0.1) is 15.1 Å². The molecule has 1 heterocycles. The van der Waals surface area contributed by atoms with Gasteiger partial charge >= 0.3 is 0 Å². The van der Waals surface area contributed by atoms with Crippen molar-refractivity contribution < 1.29 is 4.79 Å². The number of rotatable bonds is 7. The Labute approximate surface area is 190 Å². The highest BCUT2D eigenvalue weighted by atomic mass is 127. The molecule has 2 rings (SSSR count). The first-order valence-corrected chi connectivity index (χ1v) is 9.66. The predicted octanol–water partition coefficient (Wildman–Crippen LogP) is 3.51. The number of halogens is 3. The molecule has 0 aliphatic heterocycles. The van der Waals surface area contributed by atoms with Gasteiger partial charge in [0, 0.05) is 49.7 Å². The van der Waals surface area contributed by atoms with Gasteiger partial charge in [0.2, 0.25) is 0 Å². The van der Waals surface area contributed by atoms with Crippen molar-refractivity contribution in [2.45, 2.75) is 13.3 Å². The van der Waals surface area contributed by atoms with Gasteiger partial charge in [-0.25, -0.2) is 4.98 Å². The van der Waals surface area contributed by atoms with Gasteiger partial charge in [0.25, 0.3) is 5.91 Å². The molecule has 0 aliphatic carbocycles. The van der Waals surface area contributed by atoms with Crippen molar-refractivity contribution in [2.75, 3.05) is 26.7 Å². The van der Waals surface area contributed by atoms with Crippen molar-refractivity contribution in [2.24, 2.45) is 4.99 Å². The lowest BCUT2D eigenvalue weighted by atomic mass is 10.2. The average molecular weight is 542 g/mol. The number of guanidine groups is 1. The highest BCUT2D eigenvalue weighted by Crippen LogP contribution is 2.22. The number of nitrogens with one attached hydrogen (secondary N) is 3. The lowest BCUT2D eigenvalue weighted by Gasteiger charge is -2.12. The van der Waals surface area contributed by atoms with Crippen LogP contribution in [0.15, 0.2) is 29.4 Å². The van der Waals surface area contributed by atoms with Crippen LogP contribution in [-0.2, 0) is 6.42 Å². The normalized spacial score (nSPS) is 10.9. The Hall–Kier alpha value is -1.10. The monoisotopic (exact) mass is 541 g/mol. The summed E-state index contributed by atoms with van der Waals surface area (Å²) >= 11 is 13.5. The van der Waals surface area contributed by atoms with Crippen LogP contribution in [0.2, 0.25) is 10.0 Å². The van der Waals surface area contributed by atoms with Crippen LogP contribution in [0.3, 0.4) is 0 Å². The fourth-order valence-corrected chi connectivity index (χ4v) is 3.21. The summed E-state index contributed by atoms with van der Waals surface area (Å²) < 4.78 is 0. The second kappa shape index (κ2) is 12.4.